The summed E-state index contributed by atoms with van der Waals surface area (Å²) in [6.45, 7) is -1.43. The van der Waals surface area contributed by atoms with Gasteiger partial charge in [0, 0.05) is 12.4 Å². The molecule has 0 aliphatic heterocycles. The summed E-state index contributed by atoms with van der Waals surface area (Å²) in [7, 11) is 0. The zero-order valence-corrected chi connectivity index (χ0v) is 6.22. The third kappa shape index (κ3) is 2.16. The Balaban J connectivity index is 2.73. The van der Waals surface area contributed by atoms with Crippen LogP contribution in [0.15, 0.2) is 18.7 Å². The lowest BCUT2D eigenvalue weighted by Crippen LogP contribution is -2.40. The molecular formula is C6H5F5N2. The summed E-state index contributed by atoms with van der Waals surface area (Å²) in [5, 5.41) is 0. The molecule has 13 heavy (non-hydrogen) atoms. The number of alkyl halides is 5. The molecule has 0 bridgehead atoms. The summed E-state index contributed by atoms with van der Waals surface area (Å²) in [4.78, 5) is 3.35. The van der Waals surface area contributed by atoms with Crippen LogP contribution in [0, 0.1) is 0 Å². The van der Waals surface area contributed by atoms with Gasteiger partial charge in [0.1, 0.15) is 0 Å². The van der Waals surface area contributed by atoms with E-state index >= 15 is 0 Å². The zero-order valence-electron chi connectivity index (χ0n) is 6.22. The van der Waals surface area contributed by atoms with E-state index in [4.69, 9.17) is 0 Å². The van der Waals surface area contributed by atoms with Crippen molar-refractivity contribution in [2.75, 3.05) is 0 Å². The molecule has 1 aromatic rings. The Morgan fingerprint density at radius 3 is 2.15 bits per heavy atom. The van der Waals surface area contributed by atoms with Gasteiger partial charge in [-0.3, -0.25) is 0 Å². The van der Waals surface area contributed by atoms with Gasteiger partial charge >= 0.3 is 12.1 Å². The van der Waals surface area contributed by atoms with Crippen LogP contribution in [-0.4, -0.2) is 21.6 Å². The number of aromatic nitrogens is 2. The fourth-order valence-corrected chi connectivity index (χ4v) is 0.699. The molecule has 1 heterocycles. The lowest BCUT2D eigenvalue weighted by molar-refractivity contribution is -0.286. The van der Waals surface area contributed by atoms with Gasteiger partial charge in [0.05, 0.1) is 12.9 Å². The Hall–Kier alpha value is -1.14. The van der Waals surface area contributed by atoms with Crippen molar-refractivity contribution in [3.8, 4) is 0 Å². The minimum atomic E-state index is -5.52. The standard InChI is InChI=1S/C6H5F5N2/c7-5(8,6(9,10)11)3-13-2-1-12-4-13/h1-2,4H,3H2. The first kappa shape index (κ1) is 9.94. The van der Waals surface area contributed by atoms with Crippen molar-refractivity contribution in [2.24, 2.45) is 0 Å². The van der Waals surface area contributed by atoms with Gasteiger partial charge in [-0.1, -0.05) is 0 Å². The molecule has 0 atom stereocenters. The van der Waals surface area contributed by atoms with Crippen molar-refractivity contribution in [1.82, 2.24) is 9.55 Å². The highest BCUT2D eigenvalue weighted by Gasteiger charge is 2.57. The molecule has 0 aliphatic rings. The molecule has 0 unspecified atom stereocenters. The minimum Gasteiger partial charge on any atom is -0.331 e. The average molecular weight is 200 g/mol. The van der Waals surface area contributed by atoms with Crippen molar-refractivity contribution in [1.29, 1.82) is 0 Å². The molecule has 0 spiro atoms. The maximum Gasteiger partial charge on any atom is 0.455 e. The summed E-state index contributed by atoms with van der Waals surface area (Å²) >= 11 is 0. The van der Waals surface area contributed by atoms with E-state index in [2.05, 4.69) is 4.98 Å². The number of imidazole rings is 1. The molecule has 7 heteroatoms. The predicted octanol–water partition coefficient (Wildman–Crippen LogP) is 2.08. The summed E-state index contributed by atoms with van der Waals surface area (Å²) in [6.07, 6.45) is -2.44. The van der Waals surface area contributed by atoms with Crippen LogP contribution in [0.5, 0.6) is 0 Å². The lowest BCUT2D eigenvalue weighted by atomic mass is 10.3. The van der Waals surface area contributed by atoms with Crippen molar-refractivity contribution in [2.45, 2.75) is 18.6 Å². The Labute approximate surface area is 70.0 Å². The minimum absolute atomic E-state index is 0.674. The lowest BCUT2D eigenvalue weighted by Gasteiger charge is -2.19. The number of nitrogens with zero attached hydrogens (tertiary/aromatic N) is 2. The summed E-state index contributed by atoms with van der Waals surface area (Å²) in [6, 6.07) is 0. The van der Waals surface area contributed by atoms with Crippen molar-refractivity contribution >= 4 is 0 Å². The molecular weight excluding hydrogens is 195 g/mol. The Morgan fingerprint density at radius 2 is 1.77 bits per heavy atom. The van der Waals surface area contributed by atoms with Crippen LogP contribution >= 0.6 is 0 Å². The van der Waals surface area contributed by atoms with E-state index < -0.39 is 18.6 Å². The third-order valence-corrected chi connectivity index (χ3v) is 1.36. The third-order valence-electron chi connectivity index (χ3n) is 1.36. The number of hydrogen-bond donors (Lipinski definition) is 0. The van der Waals surface area contributed by atoms with E-state index in [1.54, 1.807) is 0 Å². The van der Waals surface area contributed by atoms with Gasteiger partial charge in [0.15, 0.2) is 0 Å². The second-order valence-electron chi connectivity index (χ2n) is 2.44. The van der Waals surface area contributed by atoms with E-state index in [1.807, 2.05) is 0 Å². The fourth-order valence-electron chi connectivity index (χ4n) is 0.699. The molecule has 0 saturated carbocycles. The molecule has 1 rings (SSSR count). The zero-order chi connectivity index (χ0) is 10.1. The molecule has 2 nitrogen and oxygen atoms in total. The number of rotatable bonds is 2. The average Bonchev–Trinajstić information content (AvgIpc) is 2.35. The highest BCUT2D eigenvalue weighted by atomic mass is 19.4. The number of hydrogen-bond acceptors (Lipinski definition) is 1. The molecule has 0 fully saturated rings. The highest BCUT2D eigenvalue weighted by Crippen LogP contribution is 2.36. The number of halogens is 5. The maximum atomic E-state index is 12.3. The summed E-state index contributed by atoms with van der Waals surface area (Å²) < 4.78 is 60.2. The highest BCUT2D eigenvalue weighted by molar-refractivity contribution is 4.82. The quantitative estimate of drug-likeness (QED) is 0.668. The van der Waals surface area contributed by atoms with Crippen LogP contribution in [0.3, 0.4) is 0 Å². The molecule has 0 saturated heterocycles. The van der Waals surface area contributed by atoms with Gasteiger partial charge in [0.25, 0.3) is 0 Å². The van der Waals surface area contributed by atoms with Crippen LogP contribution < -0.4 is 0 Å². The van der Waals surface area contributed by atoms with Gasteiger partial charge in [0.2, 0.25) is 0 Å². The van der Waals surface area contributed by atoms with Crippen LogP contribution in [0.2, 0.25) is 0 Å². The van der Waals surface area contributed by atoms with Gasteiger partial charge in [-0.25, -0.2) is 4.98 Å². The van der Waals surface area contributed by atoms with E-state index in [1.165, 1.54) is 0 Å². The van der Waals surface area contributed by atoms with E-state index in [0.717, 1.165) is 18.7 Å². The fraction of sp³-hybridized carbons (Fsp3) is 0.500. The molecule has 0 aliphatic carbocycles. The van der Waals surface area contributed by atoms with E-state index in [-0.39, 0.29) is 0 Å². The molecule has 1 aromatic heterocycles. The van der Waals surface area contributed by atoms with Crippen LogP contribution in [0.25, 0.3) is 0 Å². The molecule has 74 valence electrons. The molecule has 0 aromatic carbocycles. The largest absolute Gasteiger partial charge is 0.455 e. The molecule has 0 amide bonds. The topological polar surface area (TPSA) is 17.8 Å². The Morgan fingerprint density at radius 1 is 1.15 bits per heavy atom. The van der Waals surface area contributed by atoms with Crippen molar-refractivity contribution < 1.29 is 22.0 Å². The van der Waals surface area contributed by atoms with Gasteiger partial charge in [-0.05, 0) is 0 Å². The van der Waals surface area contributed by atoms with Gasteiger partial charge in [-0.2, -0.15) is 22.0 Å². The molecule has 0 N–H and O–H groups in total. The summed E-state index contributed by atoms with van der Waals surface area (Å²) in [5.74, 6) is -4.71. The second kappa shape index (κ2) is 2.97. The van der Waals surface area contributed by atoms with Crippen LogP contribution in [0.1, 0.15) is 0 Å². The predicted molar refractivity (Wildman–Crippen MR) is 33.2 cm³/mol. The monoisotopic (exact) mass is 200 g/mol. The van der Waals surface area contributed by atoms with E-state index in [9.17, 15) is 22.0 Å². The maximum absolute atomic E-state index is 12.3. The van der Waals surface area contributed by atoms with E-state index in [0.29, 0.717) is 4.57 Å². The Kier molecular flexibility index (Phi) is 2.27. The normalized spacial score (nSPS) is 13.3. The first-order valence-corrected chi connectivity index (χ1v) is 3.23. The van der Waals surface area contributed by atoms with Gasteiger partial charge < -0.3 is 4.57 Å². The first-order chi connectivity index (χ1) is 5.83. The van der Waals surface area contributed by atoms with Gasteiger partial charge in [-0.15, -0.1) is 0 Å². The first-order valence-electron chi connectivity index (χ1n) is 3.23. The van der Waals surface area contributed by atoms with Crippen LogP contribution in [0.4, 0.5) is 22.0 Å². The second-order valence-corrected chi connectivity index (χ2v) is 2.44. The summed E-state index contributed by atoms with van der Waals surface area (Å²) in [5.41, 5.74) is 0. The smallest absolute Gasteiger partial charge is 0.331 e. The SMILES string of the molecule is FC(F)(F)C(F)(F)Cn1ccnc1. The Bertz CT molecular complexity index is 263. The van der Waals surface area contributed by atoms with Crippen LogP contribution in [-0.2, 0) is 6.54 Å². The van der Waals surface area contributed by atoms with Crippen molar-refractivity contribution in [3.63, 3.8) is 0 Å². The van der Waals surface area contributed by atoms with Crippen molar-refractivity contribution in [3.05, 3.63) is 18.7 Å². The molecule has 0 radical (unpaired) electrons.